The normalized spacial score (nSPS) is 13.3. The van der Waals surface area contributed by atoms with Crippen molar-refractivity contribution in [1.82, 2.24) is 28.3 Å². The summed E-state index contributed by atoms with van der Waals surface area (Å²) in [4.78, 5) is 57.8. The Morgan fingerprint density at radius 1 is 1.19 bits per heavy atom. The van der Waals surface area contributed by atoms with Crippen molar-refractivity contribution in [3.8, 4) is 0 Å². The molecule has 11 nitrogen and oxygen atoms in total. The van der Waals surface area contributed by atoms with Gasteiger partial charge in [-0.2, -0.15) is 13.2 Å². The van der Waals surface area contributed by atoms with E-state index < -0.39 is 47.8 Å². The largest absolute Gasteiger partial charge is 0.423 e. The zero-order chi connectivity index (χ0) is 27.1. The summed E-state index contributed by atoms with van der Waals surface area (Å²) in [6.45, 7) is 1.62. The van der Waals surface area contributed by atoms with Gasteiger partial charge in [-0.1, -0.05) is 6.07 Å². The number of allylic oxidation sites excluding steroid dienone is 3. The van der Waals surface area contributed by atoms with Crippen LogP contribution in [0.3, 0.4) is 0 Å². The van der Waals surface area contributed by atoms with Crippen LogP contribution in [0.15, 0.2) is 45.8 Å². The number of amides is 1. The quantitative estimate of drug-likeness (QED) is 0.479. The first-order valence-electron chi connectivity index (χ1n) is 10.7. The lowest BCUT2D eigenvalue weighted by atomic mass is 10.0. The second-order valence-electron chi connectivity index (χ2n) is 8.21. The van der Waals surface area contributed by atoms with Gasteiger partial charge in [-0.25, -0.2) is 14.8 Å². The summed E-state index contributed by atoms with van der Waals surface area (Å²) in [5, 5.41) is 2.52. The molecule has 0 bridgehead atoms. The van der Waals surface area contributed by atoms with E-state index in [-0.39, 0.29) is 34.0 Å². The molecule has 1 aliphatic rings. The molecule has 4 rings (SSSR count). The lowest BCUT2D eigenvalue weighted by molar-refractivity contribution is -0.118. The van der Waals surface area contributed by atoms with Crippen LogP contribution in [0.2, 0.25) is 0 Å². The van der Waals surface area contributed by atoms with Crippen LogP contribution in [-0.2, 0) is 29.7 Å². The average Bonchev–Trinajstić information content (AvgIpc) is 3.23. The van der Waals surface area contributed by atoms with Gasteiger partial charge in [-0.05, 0) is 29.8 Å². The summed E-state index contributed by atoms with van der Waals surface area (Å²) >= 11 is 0. The highest BCUT2D eigenvalue weighted by Crippen LogP contribution is 2.29. The van der Waals surface area contributed by atoms with E-state index in [1.54, 1.807) is 0 Å². The number of hydrogen-bond donors (Lipinski definition) is 1. The predicted octanol–water partition coefficient (Wildman–Crippen LogP) is 0.603. The topological polar surface area (TPSA) is 135 Å². The number of hydrogen-bond acceptors (Lipinski definition) is 6. The molecule has 3 aromatic rings. The highest BCUT2D eigenvalue weighted by molar-refractivity contribution is 6.09. The molecule has 1 N–H and O–H groups in total. The summed E-state index contributed by atoms with van der Waals surface area (Å²) < 4.78 is 46.5. The summed E-state index contributed by atoms with van der Waals surface area (Å²) in [7, 11) is 1.38. The molecule has 0 aliphatic carbocycles. The van der Waals surface area contributed by atoms with Gasteiger partial charge in [0, 0.05) is 14.0 Å². The Kier molecular flexibility index (Phi) is 6.39. The molecule has 14 heteroatoms. The number of pyridine rings is 1. The zero-order valence-corrected chi connectivity index (χ0v) is 19.8. The Morgan fingerprint density at radius 3 is 2.59 bits per heavy atom. The van der Waals surface area contributed by atoms with Crippen molar-refractivity contribution in [1.29, 1.82) is 0 Å². The number of fused-ring (bicyclic) bond motifs is 1. The van der Waals surface area contributed by atoms with E-state index in [2.05, 4.69) is 25.8 Å². The van der Waals surface area contributed by atoms with Crippen molar-refractivity contribution in [2.75, 3.05) is 5.32 Å². The minimum atomic E-state index is -4.60. The summed E-state index contributed by atoms with van der Waals surface area (Å²) in [5.41, 5.74) is -2.58. The second kappa shape index (κ2) is 9.34. The predicted molar refractivity (Wildman–Crippen MR) is 128 cm³/mol. The van der Waals surface area contributed by atoms with Gasteiger partial charge in [-0.15, -0.1) is 0 Å². The smallest absolute Gasteiger partial charge is 0.315 e. The Bertz CT molecular complexity index is 1730. The number of anilines is 1. The lowest BCUT2D eigenvalue weighted by Crippen LogP contribution is -2.41. The second-order valence-corrected chi connectivity index (χ2v) is 8.21. The van der Waals surface area contributed by atoms with Gasteiger partial charge < -0.3 is 9.88 Å². The molecular weight excluding hydrogens is 495 g/mol. The molecule has 0 radical (unpaired) electrons. The molecule has 0 spiro atoms. The molecule has 4 heterocycles. The van der Waals surface area contributed by atoms with Crippen molar-refractivity contribution < 1.29 is 22.8 Å². The number of rotatable bonds is 6. The van der Waals surface area contributed by atoms with Crippen molar-refractivity contribution >= 4 is 45.8 Å². The van der Waals surface area contributed by atoms with Crippen LogP contribution in [0.25, 0.3) is 16.7 Å². The first-order chi connectivity index (χ1) is 17.4. The van der Waals surface area contributed by atoms with Crippen molar-refractivity contribution in [3.63, 3.8) is 0 Å². The van der Waals surface area contributed by atoms with E-state index in [1.165, 1.54) is 50.0 Å². The number of ketones is 1. The summed E-state index contributed by atoms with van der Waals surface area (Å²) in [6, 6.07) is 4.37. The van der Waals surface area contributed by atoms with Gasteiger partial charge in [0.15, 0.2) is 11.2 Å². The summed E-state index contributed by atoms with van der Waals surface area (Å²) in [5.74, 6) is 1.52. The minimum Gasteiger partial charge on any atom is -0.315 e. The standard InChI is InChI=1S/C23H18F3N7O4/c1-12(34)9-33-21(36)19-20(31(3)22(33)37)28-11-32(19)10-18(35)30-17-6-4-5-16(29-17)14-7-15(23(24,25)26)13(2)27-8-14/h4-7,11H,9-10H2,1-3H3/p+1. The van der Waals surface area contributed by atoms with Crippen molar-refractivity contribution in [2.24, 2.45) is 7.05 Å². The molecular formula is C23H19F3N7O4+. The summed E-state index contributed by atoms with van der Waals surface area (Å²) in [6.07, 6.45) is -2.52. The highest BCUT2D eigenvalue weighted by Gasteiger charge is 2.41. The fraction of sp³-hybridized carbons (Fsp3) is 0.261. The van der Waals surface area contributed by atoms with Gasteiger partial charge in [-0.3, -0.25) is 23.5 Å². The Balaban J connectivity index is 1.62. The first kappa shape index (κ1) is 25.3. The molecule has 37 heavy (non-hydrogen) atoms. The third kappa shape index (κ3) is 4.96. The zero-order valence-electron chi connectivity index (χ0n) is 19.8. The number of nitrogens with one attached hydrogen (secondary N) is 1. The van der Waals surface area contributed by atoms with E-state index in [0.717, 1.165) is 15.2 Å². The average molecular weight is 514 g/mol. The van der Waals surface area contributed by atoms with E-state index in [1.807, 2.05) is 0 Å². The van der Waals surface area contributed by atoms with Crippen LogP contribution in [-0.4, -0.2) is 53.1 Å². The molecule has 3 aromatic heterocycles. The number of aryl methyl sites for hydroxylation is 1. The number of carbonyl (C=O) groups excluding carboxylic acids is 2. The van der Waals surface area contributed by atoms with Crippen molar-refractivity contribution in [2.45, 2.75) is 33.1 Å². The number of carbonyl (C=O) groups is 2. The molecule has 0 saturated carbocycles. The maximum Gasteiger partial charge on any atom is 0.423 e. The first-order valence-corrected chi connectivity index (χ1v) is 10.7. The maximum absolute atomic E-state index is 13.3. The molecule has 0 saturated heterocycles. The van der Waals surface area contributed by atoms with E-state index in [4.69, 9.17) is 0 Å². The monoisotopic (exact) mass is 514 g/mol. The van der Waals surface area contributed by atoms with Crippen LogP contribution in [0.4, 0.5) is 19.0 Å². The van der Waals surface area contributed by atoms with Crippen LogP contribution in [0.5, 0.6) is 0 Å². The maximum atomic E-state index is 13.3. The number of Topliss-reactive ketones (excluding diaryl/α,β-unsaturated/α-hetero) is 1. The molecule has 1 aliphatic heterocycles. The van der Waals surface area contributed by atoms with E-state index >= 15 is 0 Å². The molecule has 190 valence electrons. The van der Waals surface area contributed by atoms with Crippen LogP contribution in [0, 0.1) is 0 Å². The lowest BCUT2D eigenvalue weighted by Gasteiger charge is -2.10. The Hall–Kier alpha value is -4.80. The fourth-order valence-electron chi connectivity index (χ4n) is 3.70. The SMILES string of the molecule is CC(=O)Cn1c(=O)c2c(ncn2CC(=O)Nc2cccc(C3=C=[N+]=C(C)C(C(F)(F)F)=C3)n2)n(C)c1=O. The highest BCUT2D eigenvalue weighted by atomic mass is 19.4. The van der Waals surface area contributed by atoms with Gasteiger partial charge in [0.1, 0.15) is 29.3 Å². The van der Waals surface area contributed by atoms with Gasteiger partial charge >= 0.3 is 23.4 Å². The molecule has 1 amide bonds. The van der Waals surface area contributed by atoms with Crippen LogP contribution >= 0.6 is 0 Å². The number of aromatic nitrogens is 5. The number of halogens is 3. The minimum absolute atomic E-state index is 0.0124. The fourth-order valence-corrected chi connectivity index (χ4v) is 3.70. The number of imidazole rings is 1. The van der Waals surface area contributed by atoms with Gasteiger partial charge in [0.05, 0.1) is 18.6 Å². The van der Waals surface area contributed by atoms with Gasteiger partial charge in [0.25, 0.3) is 5.56 Å². The molecule has 0 atom stereocenters. The Morgan fingerprint density at radius 2 is 1.92 bits per heavy atom. The number of alkyl halides is 3. The van der Waals surface area contributed by atoms with E-state index in [9.17, 15) is 32.3 Å². The molecule has 0 unspecified atom stereocenters. The Labute approximate surface area is 205 Å². The third-order valence-corrected chi connectivity index (χ3v) is 5.42. The molecule has 0 aromatic carbocycles. The number of nitrogens with zero attached hydrogens (tertiary/aromatic N) is 6. The van der Waals surface area contributed by atoms with Crippen LogP contribution < -0.4 is 21.2 Å². The van der Waals surface area contributed by atoms with Crippen LogP contribution in [0.1, 0.15) is 19.5 Å². The molecule has 0 fully saturated rings. The van der Waals surface area contributed by atoms with Gasteiger partial charge in [0.2, 0.25) is 5.91 Å². The van der Waals surface area contributed by atoms with E-state index in [0.29, 0.717) is 0 Å². The van der Waals surface area contributed by atoms with Crippen molar-refractivity contribution in [3.05, 3.63) is 62.7 Å². The third-order valence-electron chi connectivity index (χ3n) is 5.42.